The molecule has 20 heavy (non-hydrogen) atoms. The molecular weight excluding hydrogens is 307 g/mol. The van der Waals surface area contributed by atoms with E-state index in [2.05, 4.69) is 4.98 Å². The van der Waals surface area contributed by atoms with E-state index >= 15 is 0 Å². The van der Waals surface area contributed by atoms with Crippen LogP contribution in [0, 0.1) is 0 Å². The predicted molar refractivity (Wildman–Crippen MR) is 75.1 cm³/mol. The van der Waals surface area contributed by atoms with E-state index in [0.717, 1.165) is 22.3 Å². The Kier molecular flexibility index (Phi) is 3.18. The maximum atomic E-state index is 12.5. The zero-order chi connectivity index (χ0) is 14.3. The number of nitrogens with zero attached hydrogens (tertiary/aromatic N) is 1. The van der Waals surface area contributed by atoms with Crippen molar-refractivity contribution in [3.8, 4) is 10.6 Å². The van der Waals surface area contributed by atoms with Gasteiger partial charge >= 0.3 is 6.18 Å². The normalized spacial score (nSPS) is 12.0. The quantitative estimate of drug-likeness (QED) is 0.567. The summed E-state index contributed by atoms with van der Waals surface area (Å²) in [6.45, 7) is 0. The first-order valence-electron chi connectivity index (χ1n) is 5.67. The molecule has 6 heteroatoms. The van der Waals surface area contributed by atoms with Crippen LogP contribution in [0.4, 0.5) is 13.2 Å². The van der Waals surface area contributed by atoms with Gasteiger partial charge in [0.1, 0.15) is 5.01 Å². The molecule has 0 aliphatic heterocycles. The Hall–Kier alpha value is -1.59. The van der Waals surface area contributed by atoms with Crippen LogP contribution in [0.15, 0.2) is 42.5 Å². The molecule has 0 bridgehead atoms. The van der Waals surface area contributed by atoms with Gasteiger partial charge in [-0.05, 0) is 30.3 Å². The molecule has 0 atom stereocenters. The average Bonchev–Trinajstić information content (AvgIpc) is 2.80. The zero-order valence-electron chi connectivity index (χ0n) is 9.91. The average molecular weight is 314 g/mol. The summed E-state index contributed by atoms with van der Waals surface area (Å²) >= 11 is 7.31. The van der Waals surface area contributed by atoms with Crippen molar-refractivity contribution in [3.05, 3.63) is 53.1 Å². The fourth-order valence-electron chi connectivity index (χ4n) is 1.83. The third-order valence-electron chi connectivity index (χ3n) is 2.81. The zero-order valence-corrected chi connectivity index (χ0v) is 11.5. The molecule has 102 valence electrons. The van der Waals surface area contributed by atoms with Crippen molar-refractivity contribution in [2.45, 2.75) is 6.18 Å². The summed E-state index contributed by atoms with van der Waals surface area (Å²) < 4.78 is 38.5. The maximum absolute atomic E-state index is 12.5. The molecule has 0 aliphatic rings. The van der Waals surface area contributed by atoms with Crippen molar-refractivity contribution >= 4 is 33.2 Å². The smallest absolute Gasteiger partial charge is 0.236 e. The van der Waals surface area contributed by atoms with Crippen molar-refractivity contribution in [3.63, 3.8) is 0 Å². The van der Waals surface area contributed by atoms with Crippen LogP contribution < -0.4 is 0 Å². The van der Waals surface area contributed by atoms with Crippen molar-refractivity contribution in [1.29, 1.82) is 0 Å². The van der Waals surface area contributed by atoms with Crippen LogP contribution in [0.1, 0.15) is 5.56 Å². The number of benzene rings is 2. The third-order valence-corrected chi connectivity index (χ3v) is 4.13. The third kappa shape index (κ3) is 2.51. The van der Waals surface area contributed by atoms with Gasteiger partial charge in [-0.2, -0.15) is 13.2 Å². The number of rotatable bonds is 1. The van der Waals surface area contributed by atoms with Crippen LogP contribution in [0.5, 0.6) is 0 Å². The number of aromatic nitrogens is 1. The number of alkyl halides is 3. The molecule has 0 amide bonds. The van der Waals surface area contributed by atoms with Gasteiger partial charge in [-0.1, -0.05) is 23.7 Å². The molecule has 0 spiro atoms. The Labute approximate surface area is 121 Å². The Morgan fingerprint density at radius 3 is 2.35 bits per heavy atom. The van der Waals surface area contributed by atoms with Gasteiger partial charge in [-0.15, -0.1) is 11.3 Å². The molecule has 0 fully saturated rings. The minimum Gasteiger partial charge on any atom is -0.236 e. The molecule has 0 aliphatic carbocycles. The SMILES string of the molecule is FC(F)(F)c1ccc(-c2nc3cc(Cl)ccc3s2)cc1. The summed E-state index contributed by atoms with van der Waals surface area (Å²) in [7, 11) is 0. The molecule has 2 aromatic carbocycles. The van der Waals surface area contributed by atoms with Crippen molar-refractivity contribution in [2.75, 3.05) is 0 Å². The Morgan fingerprint density at radius 2 is 1.70 bits per heavy atom. The summed E-state index contributed by atoms with van der Waals surface area (Å²) in [5.74, 6) is 0. The second-order valence-electron chi connectivity index (χ2n) is 4.21. The second kappa shape index (κ2) is 4.75. The van der Waals surface area contributed by atoms with E-state index in [-0.39, 0.29) is 0 Å². The van der Waals surface area contributed by atoms with Crippen molar-refractivity contribution in [1.82, 2.24) is 4.98 Å². The molecule has 3 aromatic rings. The molecule has 3 rings (SSSR count). The molecular formula is C14H7ClF3NS. The fraction of sp³-hybridized carbons (Fsp3) is 0.0714. The second-order valence-corrected chi connectivity index (χ2v) is 5.67. The molecule has 1 nitrogen and oxygen atoms in total. The van der Waals surface area contributed by atoms with Gasteiger partial charge in [0.2, 0.25) is 0 Å². The first-order chi connectivity index (χ1) is 9.43. The van der Waals surface area contributed by atoms with Gasteiger partial charge in [0, 0.05) is 10.6 Å². The van der Waals surface area contributed by atoms with Gasteiger partial charge in [0.05, 0.1) is 15.8 Å². The predicted octanol–water partition coefficient (Wildman–Crippen LogP) is 5.64. The molecule has 0 N–H and O–H groups in total. The maximum Gasteiger partial charge on any atom is 0.416 e. The van der Waals surface area contributed by atoms with Crippen LogP contribution in [0.3, 0.4) is 0 Å². The topological polar surface area (TPSA) is 12.9 Å². The van der Waals surface area contributed by atoms with Gasteiger partial charge in [0.15, 0.2) is 0 Å². The summed E-state index contributed by atoms with van der Waals surface area (Å²) in [4.78, 5) is 4.39. The van der Waals surface area contributed by atoms with Crippen LogP contribution in [0.2, 0.25) is 5.02 Å². The van der Waals surface area contributed by atoms with Crippen LogP contribution in [-0.2, 0) is 6.18 Å². The van der Waals surface area contributed by atoms with Crippen molar-refractivity contribution < 1.29 is 13.2 Å². The van der Waals surface area contributed by atoms with Crippen LogP contribution in [-0.4, -0.2) is 4.98 Å². The molecule has 0 radical (unpaired) electrons. The lowest BCUT2D eigenvalue weighted by Crippen LogP contribution is -2.03. The fourth-order valence-corrected chi connectivity index (χ4v) is 2.94. The highest BCUT2D eigenvalue weighted by Crippen LogP contribution is 2.34. The Balaban J connectivity index is 2.02. The van der Waals surface area contributed by atoms with E-state index in [9.17, 15) is 13.2 Å². The van der Waals surface area contributed by atoms with Gasteiger partial charge in [0.25, 0.3) is 0 Å². The summed E-state index contributed by atoms with van der Waals surface area (Å²) in [5.41, 5.74) is 0.748. The van der Waals surface area contributed by atoms with E-state index in [1.54, 1.807) is 12.1 Å². The highest BCUT2D eigenvalue weighted by atomic mass is 35.5. The number of fused-ring (bicyclic) bond motifs is 1. The van der Waals surface area contributed by atoms with E-state index in [4.69, 9.17) is 11.6 Å². The summed E-state index contributed by atoms with van der Waals surface area (Å²) in [6.07, 6.45) is -4.32. The summed E-state index contributed by atoms with van der Waals surface area (Å²) in [6, 6.07) is 10.3. The van der Waals surface area contributed by atoms with Gasteiger partial charge in [-0.25, -0.2) is 4.98 Å². The highest BCUT2D eigenvalue weighted by molar-refractivity contribution is 7.21. The van der Waals surface area contributed by atoms with E-state index in [1.165, 1.54) is 23.5 Å². The summed E-state index contributed by atoms with van der Waals surface area (Å²) in [5, 5.41) is 1.26. The molecule has 1 aromatic heterocycles. The number of hydrogen-bond donors (Lipinski definition) is 0. The van der Waals surface area contributed by atoms with E-state index < -0.39 is 11.7 Å². The van der Waals surface area contributed by atoms with E-state index in [0.29, 0.717) is 15.6 Å². The number of thiazole rings is 1. The standard InChI is InChI=1S/C14H7ClF3NS/c15-10-5-6-12-11(7-10)19-13(20-12)8-1-3-9(4-2-8)14(16,17)18/h1-7H. The number of hydrogen-bond acceptors (Lipinski definition) is 2. The van der Waals surface area contributed by atoms with Gasteiger partial charge < -0.3 is 0 Å². The molecule has 0 saturated heterocycles. The minimum absolute atomic E-state index is 0.585. The minimum atomic E-state index is -4.32. The van der Waals surface area contributed by atoms with E-state index in [1.807, 2.05) is 6.07 Å². The van der Waals surface area contributed by atoms with Crippen LogP contribution in [0.25, 0.3) is 20.8 Å². The Bertz CT molecular complexity index is 762. The highest BCUT2D eigenvalue weighted by Gasteiger charge is 2.30. The number of halogens is 4. The van der Waals surface area contributed by atoms with Crippen molar-refractivity contribution in [2.24, 2.45) is 0 Å². The monoisotopic (exact) mass is 313 g/mol. The molecule has 0 saturated carbocycles. The molecule has 1 heterocycles. The first-order valence-corrected chi connectivity index (χ1v) is 6.87. The lowest BCUT2D eigenvalue weighted by molar-refractivity contribution is -0.137. The molecule has 0 unspecified atom stereocenters. The lowest BCUT2D eigenvalue weighted by atomic mass is 10.1. The lowest BCUT2D eigenvalue weighted by Gasteiger charge is -2.06. The largest absolute Gasteiger partial charge is 0.416 e. The van der Waals surface area contributed by atoms with Crippen LogP contribution >= 0.6 is 22.9 Å². The first kappa shape index (κ1) is 13.4. The van der Waals surface area contributed by atoms with Gasteiger partial charge in [-0.3, -0.25) is 0 Å². The Morgan fingerprint density at radius 1 is 1.00 bits per heavy atom.